The Morgan fingerprint density at radius 1 is 1.03 bits per heavy atom. The SMILES string of the molecule is COc1ccc(Cn2cc(-c3cnc4c(C)cn(-c5cc([N+](=O)[O-])ccc5C)n34)cn2)cc1. The number of aryl methyl sites for hydroxylation is 2. The summed E-state index contributed by atoms with van der Waals surface area (Å²) in [5.41, 5.74) is 6.32. The molecule has 9 nitrogen and oxygen atoms in total. The number of fused-ring (bicyclic) bond motifs is 1. The van der Waals surface area contributed by atoms with Gasteiger partial charge >= 0.3 is 0 Å². The number of imidazole rings is 1. The first-order valence-corrected chi connectivity index (χ1v) is 10.4. The largest absolute Gasteiger partial charge is 0.497 e. The van der Waals surface area contributed by atoms with Crippen molar-refractivity contribution in [3.05, 3.63) is 94.1 Å². The fourth-order valence-electron chi connectivity index (χ4n) is 3.96. The van der Waals surface area contributed by atoms with E-state index in [0.717, 1.165) is 45.0 Å². The van der Waals surface area contributed by atoms with Gasteiger partial charge in [0.1, 0.15) is 5.75 Å². The third-order valence-corrected chi connectivity index (χ3v) is 5.71. The maximum absolute atomic E-state index is 11.4. The molecule has 0 amide bonds. The molecule has 166 valence electrons. The van der Waals surface area contributed by atoms with Gasteiger partial charge in [-0.1, -0.05) is 18.2 Å². The summed E-state index contributed by atoms with van der Waals surface area (Å²) >= 11 is 0. The summed E-state index contributed by atoms with van der Waals surface area (Å²) in [7, 11) is 1.65. The highest BCUT2D eigenvalue weighted by Gasteiger charge is 2.18. The third kappa shape index (κ3) is 3.63. The molecule has 33 heavy (non-hydrogen) atoms. The maximum Gasteiger partial charge on any atom is 0.271 e. The van der Waals surface area contributed by atoms with Gasteiger partial charge in [0.05, 0.1) is 42.4 Å². The second kappa shape index (κ2) is 7.94. The number of methoxy groups -OCH3 is 1. The lowest BCUT2D eigenvalue weighted by molar-refractivity contribution is -0.384. The predicted octanol–water partition coefficient (Wildman–Crippen LogP) is 4.57. The quantitative estimate of drug-likeness (QED) is 0.284. The van der Waals surface area contributed by atoms with Crippen molar-refractivity contribution < 1.29 is 9.66 Å². The lowest BCUT2D eigenvalue weighted by Gasteiger charge is -2.10. The van der Waals surface area contributed by atoms with Gasteiger partial charge in [-0.05, 0) is 37.1 Å². The van der Waals surface area contributed by atoms with Crippen molar-refractivity contribution in [2.45, 2.75) is 20.4 Å². The minimum absolute atomic E-state index is 0.0454. The number of benzene rings is 2. The van der Waals surface area contributed by atoms with E-state index in [-0.39, 0.29) is 10.6 Å². The van der Waals surface area contributed by atoms with Crippen LogP contribution in [0.5, 0.6) is 5.75 Å². The lowest BCUT2D eigenvalue weighted by Crippen LogP contribution is -2.05. The fraction of sp³-hybridized carbons (Fsp3) is 0.167. The number of nitrogens with zero attached hydrogens (tertiary/aromatic N) is 6. The molecule has 0 aliphatic rings. The number of hydrogen-bond donors (Lipinski definition) is 0. The second-order valence-corrected chi connectivity index (χ2v) is 7.94. The van der Waals surface area contributed by atoms with Gasteiger partial charge in [-0.3, -0.25) is 19.5 Å². The van der Waals surface area contributed by atoms with E-state index >= 15 is 0 Å². The molecule has 0 unspecified atom stereocenters. The Hall–Kier alpha value is -4.40. The second-order valence-electron chi connectivity index (χ2n) is 7.94. The molecule has 5 rings (SSSR count). The predicted molar refractivity (Wildman–Crippen MR) is 124 cm³/mol. The zero-order valence-electron chi connectivity index (χ0n) is 18.5. The molecule has 0 aliphatic carbocycles. The molecule has 0 radical (unpaired) electrons. The Labute approximate surface area is 189 Å². The Morgan fingerprint density at radius 2 is 1.82 bits per heavy atom. The number of non-ortho nitro benzene ring substituents is 1. The molecule has 0 aliphatic heterocycles. The van der Waals surface area contributed by atoms with Gasteiger partial charge in [0.15, 0.2) is 5.65 Å². The molecule has 3 heterocycles. The fourth-order valence-corrected chi connectivity index (χ4v) is 3.96. The maximum atomic E-state index is 11.4. The van der Waals surface area contributed by atoms with E-state index in [0.29, 0.717) is 6.54 Å². The van der Waals surface area contributed by atoms with Crippen molar-refractivity contribution in [2.75, 3.05) is 7.11 Å². The molecule has 0 fully saturated rings. The van der Waals surface area contributed by atoms with E-state index < -0.39 is 0 Å². The monoisotopic (exact) mass is 442 g/mol. The van der Waals surface area contributed by atoms with Crippen LogP contribution in [-0.4, -0.2) is 36.0 Å². The topological polar surface area (TPSA) is 92.4 Å². The summed E-state index contributed by atoms with van der Waals surface area (Å²) in [5.74, 6) is 0.814. The Kier molecular flexibility index (Phi) is 4.93. The molecule has 0 N–H and O–H groups in total. The summed E-state index contributed by atoms with van der Waals surface area (Å²) in [6.07, 6.45) is 7.53. The molecule has 0 bridgehead atoms. The summed E-state index contributed by atoms with van der Waals surface area (Å²) in [6, 6.07) is 12.7. The number of ether oxygens (including phenoxy) is 1. The molecule has 0 saturated carbocycles. The summed E-state index contributed by atoms with van der Waals surface area (Å²) in [6.45, 7) is 4.53. The van der Waals surface area contributed by atoms with Gasteiger partial charge in [0, 0.05) is 35.7 Å². The third-order valence-electron chi connectivity index (χ3n) is 5.71. The number of nitro benzene ring substituents is 1. The lowest BCUT2D eigenvalue weighted by atomic mass is 10.2. The first-order valence-electron chi connectivity index (χ1n) is 10.4. The van der Waals surface area contributed by atoms with Gasteiger partial charge in [-0.2, -0.15) is 5.10 Å². The van der Waals surface area contributed by atoms with Crippen LogP contribution in [0, 0.1) is 24.0 Å². The average molecular weight is 442 g/mol. The molecule has 0 saturated heterocycles. The molecule has 3 aromatic heterocycles. The number of nitro groups is 1. The summed E-state index contributed by atoms with van der Waals surface area (Å²) in [4.78, 5) is 15.6. The van der Waals surface area contributed by atoms with Crippen LogP contribution in [0.3, 0.4) is 0 Å². The van der Waals surface area contributed by atoms with Crippen LogP contribution < -0.4 is 4.74 Å². The van der Waals surface area contributed by atoms with E-state index in [9.17, 15) is 10.1 Å². The van der Waals surface area contributed by atoms with Crippen molar-refractivity contribution in [1.82, 2.24) is 24.0 Å². The summed E-state index contributed by atoms with van der Waals surface area (Å²) in [5, 5.41) is 15.9. The van der Waals surface area contributed by atoms with Gasteiger partial charge in [-0.25, -0.2) is 9.50 Å². The Morgan fingerprint density at radius 3 is 2.55 bits per heavy atom. The molecular weight excluding hydrogens is 420 g/mol. The molecular formula is C24H22N6O3. The van der Waals surface area contributed by atoms with Crippen molar-refractivity contribution in [3.8, 4) is 22.7 Å². The average Bonchev–Trinajstić information content (AvgIpc) is 3.52. The normalized spacial score (nSPS) is 11.2. The molecule has 0 atom stereocenters. The van der Waals surface area contributed by atoms with Crippen LogP contribution in [-0.2, 0) is 6.54 Å². The smallest absolute Gasteiger partial charge is 0.271 e. The Bertz CT molecular complexity index is 1480. The molecule has 2 aromatic carbocycles. The first-order chi connectivity index (χ1) is 15.9. The van der Waals surface area contributed by atoms with E-state index in [1.807, 2.05) is 64.4 Å². The number of hydrogen-bond acceptors (Lipinski definition) is 5. The van der Waals surface area contributed by atoms with Crippen molar-refractivity contribution in [3.63, 3.8) is 0 Å². The van der Waals surface area contributed by atoms with Gasteiger partial charge < -0.3 is 4.74 Å². The minimum Gasteiger partial charge on any atom is -0.497 e. The van der Waals surface area contributed by atoms with Crippen LogP contribution in [0.2, 0.25) is 0 Å². The minimum atomic E-state index is -0.380. The summed E-state index contributed by atoms with van der Waals surface area (Å²) < 4.78 is 11.0. The van der Waals surface area contributed by atoms with Gasteiger partial charge in [-0.15, -0.1) is 0 Å². The zero-order chi connectivity index (χ0) is 23.1. The molecule has 9 heteroatoms. The highest BCUT2D eigenvalue weighted by molar-refractivity contribution is 5.65. The van der Waals surface area contributed by atoms with E-state index in [1.54, 1.807) is 31.6 Å². The first kappa shape index (κ1) is 20.5. The highest BCUT2D eigenvalue weighted by Crippen LogP contribution is 2.28. The van der Waals surface area contributed by atoms with E-state index in [2.05, 4.69) is 10.1 Å². The molecule has 5 aromatic rings. The van der Waals surface area contributed by atoms with Crippen LogP contribution in [0.1, 0.15) is 16.7 Å². The number of rotatable bonds is 6. The highest BCUT2D eigenvalue weighted by atomic mass is 16.6. The van der Waals surface area contributed by atoms with Gasteiger partial charge in [0.2, 0.25) is 0 Å². The zero-order valence-corrected chi connectivity index (χ0v) is 18.5. The van der Waals surface area contributed by atoms with E-state index in [1.165, 1.54) is 6.07 Å². The standard InChI is InChI=1S/C24H22N6O3/c1-16-4-7-20(30(31)32)10-22(16)28-13-17(2)24-25-12-23(29(24)28)19-11-26-27(15-19)14-18-5-8-21(33-3)9-6-18/h4-13,15H,14H2,1-3H3. The van der Waals surface area contributed by atoms with Crippen LogP contribution in [0.15, 0.2) is 67.3 Å². The Balaban J connectivity index is 1.56. The van der Waals surface area contributed by atoms with Gasteiger partial charge in [0.25, 0.3) is 5.69 Å². The van der Waals surface area contributed by atoms with Crippen molar-refractivity contribution in [1.29, 1.82) is 0 Å². The molecule has 0 spiro atoms. The van der Waals surface area contributed by atoms with E-state index in [4.69, 9.17) is 4.74 Å². The van der Waals surface area contributed by atoms with Crippen LogP contribution in [0.4, 0.5) is 5.69 Å². The van der Waals surface area contributed by atoms with Crippen LogP contribution in [0.25, 0.3) is 22.6 Å². The van der Waals surface area contributed by atoms with Crippen molar-refractivity contribution in [2.24, 2.45) is 0 Å². The van der Waals surface area contributed by atoms with Crippen LogP contribution >= 0.6 is 0 Å². The van der Waals surface area contributed by atoms with Crippen molar-refractivity contribution >= 4 is 11.3 Å². The number of aromatic nitrogens is 5.